The van der Waals surface area contributed by atoms with E-state index >= 15 is 0 Å². The third kappa shape index (κ3) is 5.28. The van der Waals surface area contributed by atoms with Crippen molar-refractivity contribution in [3.8, 4) is 0 Å². The Kier molecular flexibility index (Phi) is 7.28. The van der Waals surface area contributed by atoms with Crippen LogP contribution in [0.3, 0.4) is 0 Å². The first-order valence-electron chi connectivity index (χ1n) is 8.06. The van der Waals surface area contributed by atoms with Gasteiger partial charge in [-0.25, -0.2) is 4.79 Å². The molecule has 3 unspecified atom stereocenters. The lowest BCUT2D eigenvalue weighted by molar-refractivity contribution is -0.143. The number of Topliss-reactive ketones (excluding diaryl/α,β-unsaturated/α-hetero) is 1. The molecule has 22 heavy (non-hydrogen) atoms. The fraction of sp³-hybridized carbons (Fsp3) is 0.706. The largest absolute Gasteiger partial charge is 0.480 e. The van der Waals surface area contributed by atoms with Gasteiger partial charge in [0.1, 0.15) is 11.8 Å². The van der Waals surface area contributed by atoms with E-state index in [9.17, 15) is 14.4 Å². The number of carbonyl (C=O) groups excluding carboxylic acids is 2. The minimum Gasteiger partial charge on any atom is -0.480 e. The zero-order chi connectivity index (χ0) is 16.7. The lowest BCUT2D eigenvalue weighted by atomic mass is 9.89. The summed E-state index contributed by atoms with van der Waals surface area (Å²) in [6, 6.07) is -0.872. The van der Waals surface area contributed by atoms with Crippen LogP contribution < -0.4 is 5.32 Å². The number of carboxylic acids is 1. The number of ketones is 1. The molecule has 0 aliphatic heterocycles. The van der Waals surface area contributed by atoms with E-state index in [1.54, 1.807) is 13.8 Å². The van der Waals surface area contributed by atoms with Crippen molar-refractivity contribution in [3.05, 3.63) is 12.2 Å². The minimum absolute atomic E-state index is 0.0237. The maximum absolute atomic E-state index is 12.1. The Labute approximate surface area is 132 Å². The molecule has 1 saturated carbocycles. The van der Waals surface area contributed by atoms with Gasteiger partial charge in [0.15, 0.2) is 0 Å². The van der Waals surface area contributed by atoms with Gasteiger partial charge in [0, 0.05) is 18.8 Å². The van der Waals surface area contributed by atoms with Crippen LogP contribution in [0.25, 0.3) is 0 Å². The first kappa shape index (κ1) is 18.4. The molecule has 0 aromatic heterocycles. The van der Waals surface area contributed by atoms with Gasteiger partial charge >= 0.3 is 5.97 Å². The molecule has 0 spiro atoms. The molecule has 0 aromatic rings. The van der Waals surface area contributed by atoms with Gasteiger partial charge in [0.25, 0.3) is 0 Å². The average molecular weight is 309 g/mol. The Balaban J connectivity index is 2.60. The molecule has 0 bridgehead atoms. The maximum Gasteiger partial charge on any atom is 0.326 e. The monoisotopic (exact) mass is 309 g/mol. The topological polar surface area (TPSA) is 83.5 Å². The highest BCUT2D eigenvalue weighted by Crippen LogP contribution is 2.34. The summed E-state index contributed by atoms with van der Waals surface area (Å²) in [4.78, 5) is 35.2. The highest BCUT2D eigenvalue weighted by Gasteiger charge is 2.35. The molecule has 124 valence electrons. The van der Waals surface area contributed by atoms with Crippen molar-refractivity contribution in [2.75, 3.05) is 0 Å². The molecule has 0 radical (unpaired) electrons. The van der Waals surface area contributed by atoms with Crippen LogP contribution in [-0.4, -0.2) is 28.8 Å². The first-order valence-corrected chi connectivity index (χ1v) is 8.06. The second-order valence-electron chi connectivity index (χ2n) is 6.32. The lowest BCUT2D eigenvalue weighted by Gasteiger charge is -2.21. The summed E-state index contributed by atoms with van der Waals surface area (Å²) in [6.07, 6.45) is 7.12. The smallest absolute Gasteiger partial charge is 0.326 e. The molecule has 5 heteroatoms. The third-order valence-electron chi connectivity index (χ3n) is 4.23. The van der Waals surface area contributed by atoms with Gasteiger partial charge in [-0.1, -0.05) is 32.9 Å². The standard InChI is InChI=1S/C17H27NO4/c1-4-5-6-7-13-12(8-9-14(13)19)10-15(20)18-16(11(2)3)17(21)22/h5-6,11-13,16H,4,7-10H2,1-3H3,(H,18,20)(H,21,22)/b6-5-. The number of hydrogen-bond donors (Lipinski definition) is 2. The molecule has 1 aliphatic rings. The molecule has 1 rings (SSSR count). The molecular weight excluding hydrogens is 282 g/mol. The summed E-state index contributed by atoms with van der Waals surface area (Å²) in [5.74, 6) is -1.32. The second kappa shape index (κ2) is 8.71. The molecule has 0 aromatic carbocycles. The number of nitrogens with one attached hydrogen (secondary N) is 1. The number of carboxylic acid groups (broad SMARTS) is 1. The molecule has 2 N–H and O–H groups in total. The number of rotatable bonds is 8. The average Bonchev–Trinajstić information content (AvgIpc) is 2.77. The van der Waals surface area contributed by atoms with E-state index < -0.39 is 12.0 Å². The SMILES string of the molecule is CC/C=C\CC1C(=O)CCC1CC(=O)NC(C(=O)O)C(C)C. The van der Waals surface area contributed by atoms with Crippen molar-refractivity contribution < 1.29 is 19.5 Å². The Hall–Kier alpha value is -1.65. The second-order valence-corrected chi connectivity index (χ2v) is 6.32. The van der Waals surface area contributed by atoms with Crippen LogP contribution in [-0.2, 0) is 14.4 Å². The first-order chi connectivity index (χ1) is 10.4. The highest BCUT2D eigenvalue weighted by molar-refractivity contribution is 5.87. The summed E-state index contributed by atoms with van der Waals surface area (Å²) in [5, 5.41) is 11.7. The van der Waals surface area contributed by atoms with E-state index in [1.807, 2.05) is 19.1 Å². The van der Waals surface area contributed by atoms with Gasteiger partial charge in [-0.15, -0.1) is 0 Å². The number of allylic oxidation sites excluding steroid dienone is 2. The maximum atomic E-state index is 12.1. The summed E-state index contributed by atoms with van der Waals surface area (Å²) in [7, 11) is 0. The van der Waals surface area contributed by atoms with E-state index in [0.29, 0.717) is 12.8 Å². The molecule has 1 aliphatic carbocycles. The fourth-order valence-electron chi connectivity index (χ4n) is 2.94. The predicted octanol–water partition coefficient (Wildman–Crippen LogP) is 2.55. The predicted molar refractivity (Wildman–Crippen MR) is 84.3 cm³/mol. The summed E-state index contributed by atoms with van der Waals surface area (Å²) >= 11 is 0. The van der Waals surface area contributed by atoms with Gasteiger partial charge in [0.05, 0.1) is 0 Å². The quantitative estimate of drug-likeness (QED) is 0.675. The summed E-state index contributed by atoms with van der Waals surface area (Å²) in [5.41, 5.74) is 0. The van der Waals surface area contributed by atoms with Crippen molar-refractivity contribution in [1.82, 2.24) is 5.32 Å². The number of amides is 1. The van der Waals surface area contributed by atoms with Crippen molar-refractivity contribution >= 4 is 17.7 Å². The van der Waals surface area contributed by atoms with Crippen LogP contribution in [0, 0.1) is 17.8 Å². The number of carbonyl (C=O) groups is 3. The summed E-state index contributed by atoms with van der Waals surface area (Å²) in [6.45, 7) is 5.56. The van der Waals surface area contributed by atoms with Crippen LogP contribution in [0.1, 0.15) is 52.9 Å². The molecule has 1 fully saturated rings. The van der Waals surface area contributed by atoms with Gasteiger partial charge in [0.2, 0.25) is 5.91 Å². The van der Waals surface area contributed by atoms with Gasteiger partial charge in [-0.2, -0.15) is 0 Å². The summed E-state index contributed by atoms with van der Waals surface area (Å²) < 4.78 is 0. The molecule has 0 heterocycles. The third-order valence-corrected chi connectivity index (χ3v) is 4.23. The fourth-order valence-corrected chi connectivity index (χ4v) is 2.94. The van der Waals surface area contributed by atoms with E-state index in [1.165, 1.54) is 0 Å². The van der Waals surface area contributed by atoms with Crippen molar-refractivity contribution in [2.45, 2.75) is 58.9 Å². The minimum atomic E-state index is -1.02. The van der Waals surface area contributed by atoms with Gasteiger partial charge in [-0.3, -0.25) is 9.59 Å². The zero-order valence-corrected chi connectivity index (χ0v) is 13.7. The van der Waals surface area contributed by atoms with Crippen LogP contribution in [0.5, 0.6) is 0 Å². The van der Waals surface area contributed by atoms with Crippen LogP contribution in [0.15, 0.2) is 12.2 Å². The Bertz CT molecular complexity index is 442. The van der Waals surface area contributed by atoms with Crippen LogP contribution in [0.2, 0.25) is 0 Å². The number of hydrogen-bond acceptors (Lipinski definition) is 3. The van der Waals surface area contributed by atoms with Gasteiger partial charge < -0.3 is 10.4 Å². The number of aliphatic carboxylic acids is 1. The van der Waals surface area contributed by atoms with Gasteiger partial charge in [-0.05, 0) is 31.1 Å². The van der Waals surface area contributed by atoms with Crippen molar-refractivity contribution in [1.29, 1.82) is 0 Å². The van der Waals surface area contributed by atoms with E-state index in [-0.39, 0.29) is 35.9 Å². The molecule has 0 saturated heterocycles. The van der Waals surface area contributed by atoms with Crippen molar-refractivity contribution in [2.24, 2.45) is 17.8 Å². The Morgan fingerprint density at radius 3 is 2.59 bits per heavy atom. The lowest BCUT2D eigenvalue weighted by Crippen LogP contribution is -2.45. The van der Waals surface area contributed by atoms with E-state index in [2.05, 4.69) is 5.32 Å². The normalized spacial score (nSPS) is 23.2. The van der Waals surface area contributed by atoms with Crippen molar-refractivity contribution in [3.63, 3.8) is 0 Å². The molecule has 5 nitrogen and oxygen atoms in total. The molecular formula is C17H27NO4. The molecule has 1 amide bonds. The van der Waals surface area contributed by atoms with Crippen LogP contribution >= 0.6 is 0 Å². The Morgan fingerprint density at radius 1 is 1.36 bits per heavy atom. The van der Waals surface area contributed by atoms with E-state index in [4.69, 9.17) is 5.11 Å². The molecule has 3 atom stereocenters. The zero-order valence-electron chi connectivity index (χ0n) is 13.7. The Morgan fingerprint density at radius 2 is 2.05 bits per heavy atom. The van der Waals surface area contributed by atoms with Crippen LogP contribution in [0.4, 0.5) is 0 Å². The highest BCUT2D eigenvalue weighted by atomic mass is 16.4. The van der Waals surface area contributed by atoms with E-state index in [0.717, 1.165) is 12.8 Å².